The Morgan fingerprint density at radius 1 is 1.11 bits per heavy atom. The van der Waals surface area contributed by atoms with Gasteiger partial charge in [-0.05, 0) is 74.0 Å². The van der Waals surface area contributed by atoms with Crippen LogP contribution in [0.5, 0.6) is 0 Å². The highest BCUT2D eigenvalue weighted by Crippen LogP contribution is 2.46. The Morgan fingerprint density at radius 2 is 1.75 bits per heavy atom. The molecule has 2 atom stereocenters. The summed E-state index contributed by atoms with van der Waals surface area (Å²) >= 11 is 0. The lowest BCUT2D eigenvalue weighted by molar-refractivity contribution is -0.104. The third-order valence-corrected chi connectivity index (χ3v) is 6.82. The number of allylic oxidation sites excluding steroid dienone is 5. The SMILES string of the molecule is CC1=C(C/C=C(C)/C=C2/C(C(C)(C)C)=C(C)[C@H]3OCCO[C@@H]23)C(C)(C)CCC1. The van der Waals surface area contributed by atoms with Crippen molar-refractivity contribution in [3.8, 4) is 0 Å². The number of hydrogen-bond donors (Lipinski definition) is 0. The van der Waals surface area contributed by atoms with Gasteiger partial charge in [0.1, 0.15) is 12.2 Å². The van der Waals surface area contributed by atoms with Crippen molar-refractivity contribution >= 4 is 0 Å². The molecular weight excluding hydrogens is 344 g/mol. The topological polar surface area (TPSA) is 18.5 Å². The third kappa shape index (κ3) is 4.24. The van der Waals surface area contributed by atoms with E-state index >= 15 is 0 Å². The normalized spacial score (nSPS) is 30.3. The molecule has 3 rings (SSSR count). The maximum absolute atomic E-state index is 6.18. The number of fused-ring (bicyclic) bond motifs is 1. The van der Waals surface area contributed by atoms with Gasteiger partial charge in [0, 0.05) is 0 Å². The molecular formula is C26H40O2. The van der Waals surface area contributed by atoms with Crippen molar-refractivity contribution in [2.75, 3.05) is 13.2 Å². The van der Waals surface area contributed by atoms with Crippen LogP contribution in [0, 0.1) is 10.8 Å². The number of rotatable bonds is 3. The molecule has 2 heteroatoms. The lowest BCUT2D eigenvalue weighted by Gasteiger charge is -2.34. The van der Waals surface area contributed by atoms with Crippen LogP contribution in [0.15, 0.2) is 45.6 Å². The summed E-state index contributed by atoms with van der Waals surface area (Å²) < 4.78 is 12.3. The number of hydrogen-bond acceptors (Lipinski definition) is 2. The van der Waals surface area contributed by atoms with Crippen LogP contribution < -0.4 is 0 Å². The van der Waals surface area contributed by atoms with Crippen LogP contribution in [0.2, 0.25) is 0 Å². The Bertz CT molecular complexity index is 737. The van der Waals surface area contributed by atoms with Crippen LogP contribution in [-0.2, 0) is 9.47 Å². The minimum Gasteiger partial charge on any atom is -0.368 e. The monoisotopic (exact) mass is 384 g/mol. The fourth-order valence-corrected chi connectivity index (χ4v) is 5.51. The molecule has 0 saturated carbocycles. The average Bonchev–Trinajstić information content (AvgIpc) is 2.86. The first kappa shape index (κ1) is 21.6. The van der Waals surface area contributed by atoms with Gasteiger partial charge in [-0.3, -0.25) is 0 Å². The first-order chi connectivity index (χ1) is 13.0. The Kier molecular flexibility index (Phi) is 6.13. The van der Waals surface area contributed by atoms with Gasteiger partial charge in [-0.2, -0.15) is 0 Å². The quantitative estimate of drug-likeness (QED) is 0.491. The van der Waals surface area contributed by atoms with E-state index in [1.807, 2.05) is 0 Å². The van der Waals surface area contributed by atoms with Crippen molar-refractivity contribution in [2.24, 2.45) is 10.8 Å². The smallest absolute Gasteiger partial charge is 0.113 e. The lowest BCUT2D eigenvalue weighted by Crippen LogP contribution is -2.36. The maximum Gasteiger partial charge on any atom is 0.113 e. The molecule has 1 heterocycles. The summed E-state index contributed by atoms with van der Waals surface area (Å²) in [5.74, 6) is 0. The highest BCUT2D eigenvalue weighted by molar-refractivity contribution is 5.53. The molecule has 0 unspecified atom stereocenters. The molecule has 0 aromatic carbocycles. The van der Waals surface area contributed by atoms with Crippen LogP contribution in [0.4, 0.5) is 0 Å². The summed E-state index contributed by atoms with van der Waals surface area (Å²) in [6.07, 6.45) is 9.89. The van der Waals surface area contributed by atoms with E-state index < -0.39 is 0 Å². The molecule has 0 radical (unpaired) electrons. The van der Waals surface area contributed by atoms with E-state index in [9.17, 15) is 0 Å². The van der Waals surface area contributed by atoms with Gasteiger partial charge in [0.15, 0.2) is 0 Å². The first-order valence-corrected chi connectivity index (χ1v) is 11.0. The molecule has 0 amide bonds. The molecule has 2 nitrogen and oxygen atoms in total. The molecule has 2 aliphatic carbocycles. The maximum atomic E-state index is 6.18. The molecule has 1 fully saturated rings. The van der Waals surface area contributed by atoms with Crippen LogP contribution in [0.1, 0.15) is 81.1 Å². The molecule has 0 spiro atoms. The zero-order valence-corrected chi connectivity index (χ0v) is 19.4. The van der Waals surface area contributed by atoms with E-state index in [-0.39, 0.29) is 17.6 Å². The molecule has 0 N–H and O–H groups in total. The van der Waals surface area contributed by atoms with E-state index in [1.165, 1.54) is 41.6 Å². The molecule has 1 aliphatic heterocycles. The molecule has 0 aromatic rings. The Labute approximate surface area is 172 Å². The predicted octanol–water partition coefficient (Wildman–Crippen LogP) is 6.94. The van der Waals surface area contributed by atoms with Crippen LogP contribution in [0.25, 0.3) is 0 Å². The van der Waals surface area contributed by atoms with Crippen molar-refractivity contribution in [2.45, 2.75) is 93.3 Å². The second-order valence-electron chi connectivity index (χ2n) is 10.6. The van der Waals surface area contributed by atoms with E-state index in [0.717, 1.165) is 6.42 Å². The summed E-state index contributed by atoms with van der Waals surface area (Å²) in [5.41, 5.74) is 9.10. The van der Waals surface area contributed by atoms with E-state index in [0.29, 0.717) is 18.6 Å². The third-order valence-electron chi connectivity index (χ3n) is 6.82. The van der Waals surface area contributed by atoms with Gasteiger partial charge >= 0.3 is 0 Å². The largest absolute Gasteiger partial charge is 0.368 e. The van der Waals surface area contributed by atoms with Crippen molar-refractivity contribution in [1.82, 2.24) is 0 Å². The summed E-state index contributed by atoms with van der Waals surface area (Å²) in [4.78, 5) is 0. The summed E-state index contributed by atoms with van der Waals surface area (Å²) in [7, 11) is 0. The molecule has 0 bridgehead atoms. The van der Waals surface area contributed by atoms with Crippen molar-refractivity contribution in [3.63, 3.8) is 0 Å². The van der Waals surface area contributed by atoms with Gasteiger partial charge in [0.2, 0.25) is 0 Å². The second kappa shape index (κ2) is 7.95. The predicted molar refractivity (Wildman–Crippen MR) is 118 cm³/mol. The lowest BCUT2D eigenvalue weighted by atomic mass is 9.71. The van der Waals surface area contributed by atoms with E-state index in [2.05, 4.69) is 67.5 Å². The van der Waals surface area contributed by atoms with Gasteiger partial charge in [-0.15, -0.1) is 0 Å². The van der Waals surface area contributed by atoms with E-state index in [4.69, 9.17) is 9.47 Å². The van der Waals surface area contributed by atoms with Gasteiger partial charge in [-0.25, -0.2) is 0 Å². The second-order valence-corrected chi connectivity index (χ2v) is 10.6. The molecule has 0 aromatic heterocycles. The van der Waals surface area contributed by atoms with Crippen molar-refractivity contribution < 1.29 is 9.47 Å². The first-order valence-electron chi connectivity index (χ1n) is 11.0. The molecule has 156 valence electrons. The van der Waals surface area contributed by atoms with Crippen molar-refractivity contribution in [3.05, 3.63) is 45.6 Å². The standard InChI is InChI=1S/C26H40O2/c1-17(11-12-21-18(2)10-9-13-26(21,7)8)16-20-22(25(4,5)6)19(3)23-24(20)28-15-14-27-23/h11,16,23-24H,9-10,12-15H2,1-8H3/b17-11+,20-16-/t23-,24+/m1/s1. The Hall–Kier alpha value is -1.12. The number of ether oxygens (including phenoxy) is 2. The molecule has 3 aliphatic rings. The fourth-order valence-electron chi connectivity index (χ4n) is 5.51. The zero-order valence-electron chi connectivity index (χ0n) is 19.4. The molecule has 1 saturated heterocycles. The minimum atomic E-state index is 0.0541. The summed E-state index contributed by atoms with van der Waals surface area (Å²) in [6.45, 7) is 19.9. The summed E-state index contributed by atoms with van der Waals surface area (Å²) in [5, 5.41) is 0. The van der Waals surface area contributed by atoms with Crippen LogP contribution in [0.3, 0.4) is 0 Å². The van der Waals surface area contributed by atoms with Gasteiger partial charge in [0.05, 0.1) is 13.2 Å². The molecule has 28 heavy (non-hydrogen) atoms. The van der Waals surface area contributed by atoms with Gasteiger partial charge < -0.3 is 9.47 Å². The highest BCUT2D eigenvalue weighted by atomic mass is 16.6. The summed E-state index contributed by atoms with van der Waals surface area (Å²) in [6, 6.07) is 0. The van der Waals surface area contributed by atoms with E-state index in [1.54, 1.807) is 11.1 Å². The average molecular weight is 385 g/mol. The van der Waals surface area contributed by atoms with Crippen LogP contribution in [-0.4, -0.2) is 25.4 Å². The fraction of sp³-hybridized carbons (Fsp3) is 0.692. The van der Waals surface area contributed by atoms with Crippen molar-refractivity contribution in [1.29, 1.82) is 0 Å². The Morgan fingerprint density at radius 3 is 2.36 bits per heavy atom. The minimum absolute atomic E-state index is 0.0541. The Balaban J connectivity index is 1.91. The highest BCUT2D eigenvalue weighted by Gasteiger charge is 2.43. The van der Waals surface area contributed by atoms with Gasteiger partial charge in [0.25, 0.3) is 0 Å². The zero-order chi connectivity index (χ0) is 20.7. The van der Waals surface area contributed by atoms with Crippen LogP contribution >= 0.6 is 0 Å². The van der Waals surface area contributed by atoms with Gasteiger partial charge in [-0.1, -0.05) is 63.5 Å².